The summed E-state index contributed by atoms with van der Waals surface area (Å²) in [6, 6.07) is 3.50. The van der Waals surface area contributed by atoms with Crippen molar-refractivity contribution in [3.8, 4) is 0 Å². The summed E-state index contributed by atoms with van der Waals surface area (Å²) in [7, 11) is -3.26. The van der Waals surface area contributed by atoms with Gasteiger partial charge in [0.2, 0.25) is 10.0 Å². The Hall–Kier alpha value is -2.00. The molecular weight excluding hydrogens is 332 g/mol. The number of nitrogens with one attached hydrogen (secondary N) is 1. The summed E-state index contributed by atoms with van der Waals surface area (Å²) in [4.78, 5) is 22.0. The van der Waals surface area contributed by atoms with Crippen molar-refractivity contribution < 1.29 is 18.0 Å². The predicted molar refractivity (Wildman–Crippen MR) is 89.1 cm³/mol. The van der Waals surface area contributed by atoms with E-state index in [-0.39, 0.29) is 23.9 Å². The summed E-state index contributed by atoms with van der Waals surface area (Å²) in [5, 5.41) is 6.67. The molecule has 1 amide bonds. The Morgan fingerprint density at radius 1 is 1.50 bits per heavy atom. The smallest absolute Gasteiger partial charge is 0.273 e. The normalized spacial score (nSPS) is 24.0. The summed E-state index contributed by atoms with van der Waals surface area (Å²) in [6.07, 6.45) is 2.48. The van der Waals surface area contributed by atoms with E-state index < -0.39 is 15.6 Å². The zero-order valence-electron chi connectivity index (χ0n) is 13.7. The van der Waals surface area contributed by atoms with Gasteiger partial charge in [0, 0.05) is 25.6 Å². The maximum Gasteiger partial charge on any atom is 0.273 e. The van der Waals surface area contributed by atoms with Crippen molar-refractivity contribution in [2.45, 2.75) is 32.3 Å². The van der Waals surface area contributed by atoms with E-state index in [0.717, 1.165) is 0 Å². The van der Waals surface area contributed by atoms with Gasteiger partial charge in [-0.15, -0.1) is 0 Å². The second kappa shape index (κ2) is 6.14. The van der Waals surface area contributed by atoms with E-state index in [1.807, 2.05) is 0 Å². The fourth-order valence-electron chi connectivity index (χ4n) is 2.90. The summed E-state index contributed by atoms with van der Waals surface area (Å²) in [6.45, 7) is 4.04. The predicted octanol–water partition coefficient (Wildman–Crippen LogP) is 0.899. The van der Waals surface area contributed by atoms with E-state index in [9.17, 15) is 13.2 Å². The maximum atomic E-state index is 12.4. The molecule has 0 bridgehead atoms. The highest BCUT2D eigenvalue weighted by atomic mass is 32.2. The van der Waals surface area contributed by atoms with Gasteiger partial charge in [0.1, 0.15) is 5.71 Å². The van der Waals surface area contributed by atoms with Gasteiger partial charge < -0.3 is 10.2 Å². The molecule has 2 aliphatic rings. The number of hydrogen-bond acceptors (Lipinski definition) is 6. The van der Waals surface area contributed by atoms with Gasteiger partial charge in [-0.2, -0.15) is 4.31 Å². The lowest BCUT2D eigenvalue weighted by Crippen LogP contribution is -2.38. The fraction of sp³-hybridized carbons (Fsp3) is 0.533. The van der Waals surface area contributed by atoms with Gasteiger partial charge in [-0.1, -0.05) is 5.16 Å². The van der Waals surface area contributed by atoms with Crippen LogP contribution in [0.4, 0.5) is 5.69 Å². The standard InChI is InChI=1S/C15H20N4O4S/c1-3-24(21,22)19-8-6-15(10-19)9-13(18-23-15)14(20)17-12-5-4-7-16-11(12)2/h4-5,7H,3,6,8-10H2,1-2H3,(H,17,20). The van der Waals surface area contributed by atoms with Crippen LogP contribution in [0.3, 0.4) is 0 Å². The molecule has 1 spiro atoms. The minimum Gasteiger partial charge on any atom is -0.387 e. The van der Waals surface area contributed by atoms with Gasteiger partial charge in [0.15, 0.2) is 5.60 Å². The molecule has 0 saturated carbocycles. The van der Waals surface area contributed by atoms with E-state index in [2.05, 4.69) is 15.5 Å². The molecule has 9 heteroatoms. The molecule has 3 heterocycles. The first-order chi connectivity index (χ1) is 11.4. The van der Waals surface area contributed by atoms with Crippen molar-refractivity contribution in [3.05, 3.63) is 24.0 Å². The van der Waals surface area contributed by atoms with Crippen molar-refractivity contribution in [2.24, 2.45) is 5.16 Å². The van der Waals surface area contributed by atoms with Crippen LogP contribution in [0.5, 0.6) is 0 Å². The van der Waals surface area contributed by atoms with Crippen molar-refractivity contribution in [2.75, 3.05) is 24.2 Å². The number of nitrogens with zero attached hydrogens (tertiary/aromatic N) is 3. The molecule has 0 radical (unpaired) electrons. The molecule has 1 N–H and O–H groups in total. The summed E-state index contributed by atoms with van der Waals surface area (Å²) < 4.78 is 25.4. The molecule has 130 valence electrons. The summed E-state index contributed by atoms with van der Waals surface area (Å²) >= 11 is 0. The Kier molecular flexibility index (Phi) is 4.31. The zero-order chi connectivity index (χ0) is 17.4. The number of rotatable bonds is 4. The Balaban J connectivity index is 1.65. The number of amides is 1. The highest BCUT2D eigenvalue weighted by Gasteiger charge is 2.49. The van der Waals surface area contributed by atoms with Crippen LogP contribution in [0.1, 0.15) is 25.5 Å². The van der Waals surface area contributed by atoms with E-state index in [4.69, 9.17) is 4.84 Å². The Bertz CT molecular complexity index is 792. The maximum absolute atomic E-state index is 12.4. The van der Waals surface area contributed by atoms with Gasteiger partial charge in [0.25, 0.3) is 5.91 Å². The molecular formula is C15H20N4O4S. The van der Waals surface area contributed by atoms with Gasteiger partial charge in [-0.3, -0.25) is 9.78 Å². The number of carbonyl (C=O) groups excluding carboxylic acids is 1. The zero-order valence-corrected chi connectivity index (χ0v) is 14.5. The van der Waals surface area contributed by atoms with Crippen LogP contribution in [0, 0.1) is 6.92 Å². The monoisotopic (exact) mass is 352 g/mol. The van der Waals surface area contributed by atoms with Crippen molar-refractivity contribution in [3.63, 3.8) is 0 Å². The van der Waals surface area contributed by atoms with Crippen LogP contribution in [0.25, 0.3) is 0 Å². The van der Waals surface area contributed by atoms with Gasteiger partial charge in [0.05, 0.1) is 23.7 Å². The van der Waals surface area contributed by atoms with E-state index in [1.165, 1.54) is 4.31 Å². The molecule has 1 fully saturated rings. The van der Waals surface area contributed by atoms with Gasteiger partial charge in [-0.05, 0) is 26.0 Å². The van der Waals surface area contributed by atoms with Crippen LogP contribution in [0.15, 0.2) is 23.5 Å². The average Bonchev–Trinajstić information content (AvgIpc) is 3.18. The van der Waals surface area contributed by atoms with Gasteiger partial charge in [-0.25, -0.2) is 8.42 Å². The lowest BCUT2D eigenvalue weighted by atomic mass is 9.96. The lowest BCUT2D eigenvalue weighted by molar-refractivity contribution is -0.110. The molecule has 1 saturated heterocycles. The Morgan fingerprint density at radius 2 is 2.29 bits per heavy atom. The number of aryl methyl sites for hydroxylation is 1. The lowest BCUT2D eigenvalue weighted by Gasteiger charge is -2.21. The second-order valence-corrected chi connectivity index (χ2v) is 8.32. The molecule has 1 atom stereocenters. The molecule has 1 unspecified atom stereocenters. The van der Waals surface area contributed by atoms with Crippen LogP contribution in [-0.2, 0) is 19.7 Å². The molecule has 1 aromatic rings. The highest BCUT2D eigenvalue weighted by Crippen LogP contribution is 2.35. The van der Waals surface area contributed by atoms with Crippen LogP contribution in [0.2, 0.25) is 0 Å². The van der Waals surface area contributed by atoms with Gasteiger partial charge >= 0.3 is 0 Å². The van der Waals surface area contributed by atoms with Crippen LogP contribution < -0.4 is 5.32 Å². The molecule has 24 heavy (non-hydrogen) atoms. The average molecular weight is 352 g/mol. The first-order valence-corrected chi connectivity index (χ1v) is 9.42. The minimum atomic E-state index is -3.26. The summed E-state index contributed by atoms with van der Waals surface area (Å²) in [5.41, 5.74) is 0.877. The summed E-state index contributed by atoms with van der Waals surface area (Å²) in [5.74, 6) is -0.294. The molecule has 0 aliphatic carbocycles. The number of aromatic nitrogens is 1. The molecule has 0 aromatic carbocycles. The largest absolute Gasteiger partial charge is 0.387 e. The number of anilines is 1. The van der Waals surface area contributed by atoms with E-state index >= 15 is 0 Å². The third-order valence-corrected chi connectivity index (χ3v) is 6.22. The van der Waals surface area contributed by atoms with Crippen LogP contribution >= 0.6 is 0 Å². The fourth-order valence-corrected chi connectivity index (χ4v) is 4.07. The molecule has 8 nitrogen and oxygen atoms in total. The molecule has 2 aliphatic heterocycles. The number of carbonyl (C=O) groups is 1. The topological polar surface area (TPSA) is 101 Å². The SMILES string of the molecule is CCS(=O)(=O)N1CCC2(CC(C(=O)Nc3cccnc3C)=NO2)C1. The van der Waals surface area contributed by atoms with E-state index in [1.54, 1.807) is 32.2 Å². The Labute approximate surface area is 140 Å². The first-order valence-electron chi connectivity index (χ1n) is 7.81. The second-order valence-electron chi connectivity index (χ2n) is 6.06. The van der Waals surface area contributed by atoms with Crippen molar-refractivity contribution in [1.82, 2.24) is 9.29 Å². The number of pyridine rings is 1. The van der Waals surface area contributed by atoms with Crippen molar-refractivity contribution >= 4 is 27.3 Å². The number of sulfonamides is 1. The highest BCUT2D eigenvalue weighted by molar-refractivity contribution is 7.89. The quantitative estimate of drug-likeness (QED) is 0.867. The number of oxime groups is 1. The van der Waals surface area contributed by atoms with Crippen LogP contribution in [-0.4, -0.2) is 53.8 Å². The third-order valence-electron chi connectivity index (χ3n) is 4.40. The molecule has 3 rings (SSSR count). The van der Waals surface area contributed by atoms with E-state index in [0.29, 0.717) is 30.8 Å². The molecule has 1 aromatic heterocycles. The first kappa shape index (κ1) is 16.8. The third kappa shape index (κ3) is 3.13. The minimum absolute atomic E-state index is 0.0531. The number of hydrogen-bond donors (Lipinski definition) is 1. The van der Waals surface area contributed by atoms with Crippen molar-refractivity contribution in [1.29, 1.82) is 0 Å². The Morgan fingerprint density at radius 3 is 3.00 bits per heavy atom.